The first-order valence-electron chi connectivity index (χ1n) is 4.57. The van der Waals surface area contributed by atoms with Crippen molar-refractivity contribution >= 4 is 11.8 Å². The van der Waals surface area contributed by atoms with E-state index in [2.05, 4.69) is 15.3 Å². The summed E-state index contributed by atoms with van der Waals surface area (Å²) in [6.07, 6.45) is 0. The van der Waals surface area contributed by atoms with Crippen molar-refractivity contribution in [2.45, 2.75) is 13.8 Å². The summed E-state index contributed by atoms with van der Waals surface area (Å²) in [5.74, 6) is 1.17. The third-order valence-corrected chi connectivity index (χ3v) is 1.81. The fourth-order valence-electron chi connectivity index (χ4n) is 1.03. The van der Waals surface area contributed by atoms with Crippen LogP contribution in [-0.2, 0) is 0 Å². The number of rotatable bonds is 4. The maximum atomic E-state index is 8.82. The van der Waals surface area contributed by atoms with Crippen molar-refractivity contribution in [1.29, 1.82) is 0 Å². The van der Waals surface area contributed by atoms with Crippen LogP contribution in [0, 0.1) is 12.8 Å². The molecule has 0 aliphatic carbocycles. The van der Waals surface area contributed by atoms with Crippen LogP contribution in [0.5, 0.6) is 0 Å². The van der Waals surface area contributed by atoms with Crippen LogP contribution in [0.25, 0.3) is 0 Å². The number of hydrogen-bond donors (Lipinski definition) is 3. The molecule has 0 amide bonds. The van der Waals surface area contributed by atoms with Gasteiger partial charge in [-0.1, -0.05) is 6.92 Å². The molecule has 1 heterocycles. The standard InChI is InChI=1S/C9H16N4O/c1-6(5-14)4-11-8-3-7(2)12-9(10)13-8/h3,6,14H,4-5H2,1-2H3,(H3,10,11,12,13). The fraction of sp³-hybridized carbons (Fsp3) is 0.556. The Morgan fingerprint density at radius 2 is 2.29 bits per heavy atom. The first-order valence-corrected chi connectivity index (χ1v) is 4.57. The number of nitrogens with zero attached hydrogens (tertiary/aromatic N) is 2. The van der Waals surface area contributed by atoms with E-state index in [1.807, 2.05) is 19.9 Å². The number of nitrogens with one attached hydrogen (secondary N) is 1. The summed E-state index contributed by atoms with van der Waals surface area (Å²) in [6, 6.07) is 1.82. The normalized spacial score (nSPS) is 12.5. The molecule has 5 nitrogen and oxygen atoms in total. The highest BCUT2D eigenvalue weighted by molar-refractivity contribution is 5.40. The van der Waals surface area contributed by atoms with Crippen LogP contribution in [-0.4, -0.2) is 28.2 Å². The van der Waals surface area contributed by atoms with Gasteiger partial charge in [0.1, 0.15) is 5.82 Å². The maximum Gasteiger partial charge on any atom is 0.222 e. The summed E-state index contributed by atoms with van der Waals surface area (Å²) in [7, 11) is 0. The van der Waals surface area contributed by atoms with Crippen molar-refractivity contribution in [2.24, 2.45) is 5.92 Å². The zero-order valence-electron chi connectivity index (χ0n) is 8.49. The number of anilines is 2. The van der Waals surface area contributed by atoms with Crippen molar-refractivity contribution in [3.63, 3.8) is 0 Å². The van der Waals surface area contributed by atoms with Gasteiger partial charge in [-0.2, -0.15) is 4.98 Å². The zero-order chi connectivity index (χ0) is 10.6. The van der Waals surface area contributed by atoms with Gasteiger partial charge in [0, 0.05) is 24.9 Å². The minimum absolute atomic E-state index is 0.159. The monoisotopic (exact) mass is 196 g/mol. The lowest BCUT2D eigenvalue weighted by Crippen LogP contribution is -2.15. The van der Waals surface area contributed by atoms with Crippen LogP contribution in [0.4, 0.5) is 11.8 Å². The lowest BCUT2D eigenvalue weighted by Gasteiger charge is -2.10. The number of nitrogen functional groups attached to an aromatic ring is 1. The molecular formula is C9H16N4O. The minimum Gasteiger partial charge on any atom is -0.396 e. The Morgan fingerprint density at radius 1 is 1.57 bits per heavy atom. The molecule has 0 saturated carbocycles. The van der Waals surface area contributed by atoms with Gasteiger partial charge in [0.15, 0.2) is 0 Å². The smallest absolute Gasteiger partial charge is 0.222 e. The average molecular weight is 196 g/mol. The molecule has 14 heavy (non-hydrogen) atoms. The average Bonchev–Trinajstić information content (AvgIpc) is 2.12. The van der Waals surface area contributed by atoms with Crippen LogP contribution >= 0.6 is 0 Å². The molecule has 1 aromatic rings. The molecule has 1 aromatic heterocycles. The van der Waals surface area contributed by atoms with Gasteiger partial charge in [0.2, 0.25) is 5.95 Å². The number of hydrogen-bond acceptors (Lipinski definition) is 5. The van der Waals surface area contributed by atoms with Gasteiger partial charge < -0.3 is 16.2 Å². The number of aryl methyl sites for hydroxylation is 1. The molecule has 0 aliphatic rings. The van der Waals surface area contributed by atoms with Crippen molar-refractivity contribution in [3.05, 3.63) is 11.8 Å². The molecule has 0 aromatic carbocycles. The Balaban J connectivity index is 2.58. The maximum absolute atomic E-state index is 8.82. The second-order valence-electron chi connectivity index (χ2n) is 3.42. The van der Waals surface area contributed by atoms with E-state index in [1.54, 1.807) is 0 Å². The summed E-state index contributed by atoms with van der Waals surface area (Å²) in [5, 5.41) is 11.9. The molecule has 5 heteroatoms. The fourth-order valence-corrected chi connectivity index (χ4v) is 1.03. The minimum atomic E-state index is 0.159. The largest absolute Gasteiger partial charge is 0.396 e. The van der Waals surface area contributed by atoms with Crippen molar-refractivity contribution in [2.75, 3.05) is 24.2 Å². The molecule has 78 valence electrons. The highest BCUT2D eigenvalue weighted by atomic mass is 16.3. The van der Waals surface area contributed by atoms with Crippen molar-refractivity contribution in [1.82, 2.24) is 9.97 Å². The summed E-state index contributed by atoms with van der Waals surface area (Å²) in [4.78, 5) is 7.97. The number of aliphatic hydroxyl groups excluding tert-OH is 1. The van der Waals surface area contributed by atoms with Crippen LogP contribution in [0.2, 0.25) is 0 Å². The van der Waals surface area contributed by atoms with Crippen LogP contribution in [0.3, 0.4) is 0 Å². The molecule has 1 rings (SSSR count). The molecule has 4 N–H and O–H groups in total. The zero-order valence-corrected chi connectivity index (χ0v) is 8.49. The third kappa shape index (κ3) is 3.18. The molecular weight excluding hydrogens is 180 g/mol. The Hall–Kier alpha value is -1.36. The topological polar surface area (TPSA) is 84.1 Å². The van der Waals surface area contributed by atoms with Crippen LogP contribution in [0.15, 0.2) is 6.07 Å². The van der Waals surface area contributed by atoms with Crippen LogP contribution in [0.1, 0.15) is 12.6 Å². The number of nitrogens with two attached hydrogens (primary N) is 1. The molecule has 0 radical (unpaired) electrons. The van der Waals surface area contributed by atoms with Gasteiger partial charge in [-0.05, 0) is 12.8 Å². The second-order valence-corrected chi connectivity index (χ2v) is 3.42. The molecule has 0 aliphatic heterocycles. The predicted molar refractivity (Wildman–Crippen MR) is 55.9 cm³/mol. The molecule has 0 spiro atoms. The van der Waals surface area contributed by atoms with Crippen molar-refractivity contribution < 1.29 is 5.11 Å². The molecule has 0 fully saturated rings. The Kier molecular flexibility index (Phi) is 3.64. The lowest BCUT2D eigenvalue weighted by atomic mass is 10.2. The van der Waals surface area contributed by atoms with E-state index in [0.29, 0.717) is 12.4 Å². The third-order valence-electron chi connectivity index (χ3n) is 1.81. The van der Waals surface area contributed by atoms with Crippen LogP contribution < -0.4 is 11.1 Å². The van der Waals surface area contributed by atoms with Crippen molar-refractivity contribution in [3.8, 4) is 0 Å². The van der Waals surface area contributed by atoms with E-state index < -0.39 is 0 Å². The van der Waals surface area contributed by atoms with Gasteiger partial charge in [-0.15, -0.1) is 0 Å². The molecule has 1 atom stereocenters. The lowest BCUT2D eigenvalue weighted by molar-refractivity contribution is 0.244. The van der Waals surface area contributed by atoms with Gasteiger partial charge >= 0.3 is 0 Å². The van der Waals surface area contributed by atoms with Gasteiger partial charge in [-0.3, -0.25) is 0 Å². The highest BCUT2D eigenvalue weighted by Gasteiger charge is 2.02. The molecule has 0 saturated heterocycles. The SMILES string of the molecule is Cc1cc(NCC(C)CO)nc(N)n1. The summed E-state index contributed by atoms with van der Waals surface area (Å²) < 4.78 is 0. The Labute approximate surface area is 83.4 Å². The summed E-state index contributed by atoms with van der Waals surface area (Å²) in [5.41, 5.74) is 6.32. The summed E-state index contributed by atoms with van der Waals surface area (Å²) >= 11 is 0. The van der Waals surface area contributed by atoms with Gasteiger partial charge in [-0.25, -0.2) is 4.98 Å². The Morgan fingerprint density at radius 3 is 2.86 bits per heavy atom. The first kappa shape index (κ1) is 10.7. The number of aromatic nitrogens is 2. The number of aliphatic hydroxyl groups is 1. The second kappa shape index (κ2) is 4.76. The van der Waals surface area contributed by atoms with Gasteiger partial charge in [0.05, 0.1) is 0 Å². The quantitative estimate of drug-likeness (QED) is 0.649. The Bertz CT molecular complexity index is 283. The van der Waals surface area contributed by atoms with E-state index in [4.69, 9.17) is 10.8 Å². The molecule has 0 bridgehead atoms. The van der Waals surface area contributed by atoms with E-state index in [0.717, 1.165) is 5.69 Å². The van der Waals surface area contributed by atoms with Gasteiger partial charge in [0.25, 0.3) is 0 Å². The molecule has 1 unspecified atom stereocenters. The van der Waals surface area contributed by atoms with E-state index >= 15 is 0 Å². The summed E-state index contributed by atoms with van der Waals surface area (Å²) in [6.45, 7) is 4.64. The highest BCUT2D eigenvalue weighted by Crippen LogP contribution is 2.07. The predicted octanol–water partition coefficient (Wildman–Crippen LogP) is 0.408. The van der Waals surface area contributed by atoms with E-state index in [1.165, 1.54) is 0 Å². The van der Waals surface area contributed by atoms with E-state index in [9.17, 15) is 0 Å². The first-order chi connectivity index (χ1) is 6.61. The van der Waals surface area contributed by atoms with E-state index in [-0.39, 0.29) is 18.5 Å².